The van der Waals surface area contributed by atoms with E-state index in [1.807, 2.05) is 0 Å². The molecule has 25 heavy (non-hydrogen) atoms. The molecule has 0 heterocycles. The number of hydrogen-bond acceptors (Lipinski definition) is 6. The molecule has 132 valence electrons. The van der Waals surface area contributed by atoms with Crippen LogP contribution in [0.2, 0.25) is 0 Å². The Balaban J connectivity index is 2.54. The minimum atomic E-state index is -4.02. The molecule has 0 aromatic heterocycles. The molecule has 2 aromatic rings. The highest BCUT2D eigenvalue weighted by Gasteiger charge is 2.26. The fraction of sp³-hybridized carbons (Fsp3) is 0.200. The molecule has 0 spiro atoms. The van der Waals surface area contributed by atoms with E-state index < -0.39 is 19.9 Å². The quantitative estimate of drug-likeness (QED) is 0.572. The number of sulfonamides is 1. The average Bonchev–Trinajstić information content (AvgIpc) is 2.56. The summed E-state index contributed by atoms with van der Waals surface area (Å²) in [7, 11) is -4.02. The molecule has 2 aromatic carbocycles. The largest absolute Gasteiger partial charge is 0.271 e. The molecule has 2 rings (SSSR count). The van der Waals surface area contributed by atoms with Crippen molar-refractivity contribution in [2.45, 2.75) is 18.7 Å². The summed E-state index contributed by atoms with van der Waals surface area (Å²) in [5.74, 6) is 0. The standard InChI is InChI=1S/C15H15N3O6S/c1-3-16(15-10-13(18(21)22)5-4-11(15)2)25(23,24)14-8-6-12(7-9-14)17(19)20/h4-10H,3H2,1-2H3. The number of non-ortho nitro benzene ring substituents is 2. The number of benzene rings is 2. The van der Waals surface area contributed by atoms with Crippen molar-refractivity contribution in [1.82, 2.24) is 0 Å². The van der Waals surface area contributed by atoms with Crippen LogP contribution in [0.4, 0.5) is 17.1 Å². The highest BCUT2D eigenvalue weighted by Crippen LogP contribution is 2.30. The zero-order valence-corrected chi connectivity index (χ0v) is 14.3. The molecule has 10 heteroatoms. The fourth-order valence-electron chi connectivity index (χ4n) is 2.32. The third kappa shape index (κ3) is 3.58. The van der Waals surface area contributed by atoms with Gasteiger partial charge in [-0.25, -0.2) is 8.42 Å². The molecule has 0 radical (unpaired) electrons. The molecule has 0 N–H and O–H groups in total. The van der Waals surface area contributed by atoms with E-state index >= 15 is 0 Å². The van der Waals surface area contributed by atoms with Crippen LogP contribution < -0.4 is 4.31 Å². The summed E-state index contributed by atoms with van der Waals surface area (Å²) < 4.78 is 26.8. The summed E-state index contributed by atoms with van der Waals surface area (Å²) in [5.41, 5.74) is 0.291. The summed E-state index contributed by atoms with van der Waals surface area (Å²) in [5, 5.41) is 21.7. The predicted octanol–water partition coefficient (Wildman–Crippen LogP) is 3.03. The van der Waals surface area contributed by atoms with Crippen LogP contribution in [0.1, 0.15) is 12.5 Å². The molecule has 0 saturated carbocycles. The minimum absolute atomic E-state index is 0.0430. The van der Waals surface area contributed by atoms with Crippen LogP contribution >= 0.6 is 0 Å². The Hall–Kier alpha value is -3.01. The van der Waals surface area contributed by atoms with Crippen molar-refractivity contribution in [2.24, 2.45) is 0 Å². The molecule has 0 aliphatic heterocycles. The van der Waals surface area contributed by atoms with Gasteiger partial charge in [0.25, 0.3) is 21.4 Å². The summed E-state index contributed by atoms with van der Waals surface area (Å²) in [6, 6.07) is 8.45. The van der Waals surface area contributed by atoms with Gasteiger partial charge in [0.15, 0.2) is 0 Å². The van der Waals surface area contributed by atoms with Crippen molar-refractivity contribution in [2.75, 3.05) is 10.8 Å². The molecule has 0 bridgehead atoms. The van der Waals surface area contributed by atoms with Crippen molar-refractivity contribution in [3.05, 3.63) is 68.3 Å². The van der Waals surface area contributed by atoms with Gasteiger partial charge < -0.3 is 0 Å². The second kappa shape index (κ2) is 6.85. The number of hydrogen-bond donors (Lipinski definition) is 0. The molecular weight excluding hydrogens is 350 g/mol. The lowest BCUT2D eigenvalue weighted by molar-refractivity contribution is -0.385. The van der Waals surface area contributed by atoms with Gasteiger partial charge in [-0.05, 0) is 31.5 Å². The number of aryl methyl sites for hydroxylation is 1. The van der Waals surface area contributed by atoms with Crippen LogP contribution in [0.25, 0.3) is 0 Å². The second-order valence-electron chi connectivity index (χ2n) is 5.15. The van der Waals surface area contributed by atoms with Crippen molar-refractivity contribution in [1.29, 1.82) is 0 Å². The minimum Gasteiger partial charge on any atom is -0.266 e. The van der Waals surface area contributed by atoms with Gasteiger partial charge in [0, 0.05) is 30.8 Å². The Morgan fingerprint density at radius 1 is 0.960 bits per heavy atom. The van der Waals surface area contributed by atoms with Gasteiger partial charge in [-0.3, -0.25) is 24.5 Å². The Morgan fingerprint density at radius 3 is 1.96 bits per heavy atom. The monoisotopic (exact) mass is 365 g/mol. The zero-order chi connectivity index (χ0) is 18.8. The maximum absolute atomic E-state index is 12.9. The van der Waals surface area contributed by atoms with Crippen LogP contribution in [-0.4, -0.2) is 24.8 Å². The number of rotatable bonds is 6. The van der Waals surface area contributed by atoms with Gasteiger partial charge in [-0.15, -0.1) is 0 Å². The molecular formula is C15H15N3O6S. The van der Waals surface area contributed by atoms with E-state index in [-0.39, 0.29) is 28.5 Å². The predicted molar refractivity (Wildman–Crippen MR) is 91.1 cm³/mol. The summed E-state index contributed by atoms with van der Waals surface area (Å²) in [4.78, 5) is 20.3. The molecule has 0 saturated heterocycles. The van der Waals surface area contributed by atoms with Crippen molar-refractivity contribution in [3.63, 3.8) is 0 Å². The van der Waals surface area contributed by atoms with Crippen molar-refractivity contribution < 1.29 is 18.3 Å². The Kier molecular flexibility index (Phi) is 5.02. The topological polar surface area (TPSA) is 124 Å². The van der Waals surface area contributed by atoms with E-state index in [9.17, 15) is 28.6 Å². The first-order valence-electron chi connectivity index (χ1n) is 7.20. The number of nitro benzene ring substituents is 2. The SMILES string of the molecule is CCN(c1cc([N+](=O)[O-])ccc1C)S(=O)(=O)c1ccc([N+](=O)[O-])cc1. The molecule has 0 atom stereocenters. The van der Waals surface area contributed by atoms with E-state index in [1.165, 1.54) is 18.2 Å². The molecule has 0 unspecified atom stereocenters. The smallest absolute Gasteiger partial charge is 0.266 e. The highest BCUT2D eigenvalue weighted by atomic mass is 32.2. The third-order valence-electron chi connectivity index (χ3n) is 3.59. The number of nitrogens with zero attached hydrogens (tertiary/aromatic N) is 3. The first kappa shape index (κ1) is 18.3. The van der Waals surface area contributed by atoms with E-state index in [0.29, 0.717) is 5.56 Å². The second-order valence-corrected chi connectivity index (χ2v) is 7.01. The van der Waals surface area contributed by atoms with Gasteiger partial charge in [0.2, 0.25) is 0 Å². The maximum Gasteiger partial charge on any atom is 0.271 e. The highest BCUT2D eigenvalue weighted by molar-refractivity contribution is 7.92. The fourth-order valence-corrected chi connectivity index (χ4v) is 3.85. The van der Waals surface area contributed by atoms with Crippen LogP contribution in [0.5, 0.6) is 0 Å². The van der Waals surface area contributed by atoms with E-state index in [4.69, 9.17) is 0 Å². The van der Waals surface area contributed by atoms with Gasteiger partial charge >= 0.3 is 0 Å². The van der Waals surface area contributed by atoms with Gasteiger partial charge in [-0.1, -0.05) is 6.07 Å². The first-order chi connectivity index (χ1) is 11.7. The normalized spacial score (nSPS) is 11.1. The Bertz CT molecular complexity index is 925. The van der Waals surface area contributed by atoms with Crippen molar-refractivity contribution in [3.8, 4) is 0 Å². The van der Waals surface area contributed by atoms with Gasteiger partial charge in [-0.2, -0.15) is 0 Å². The number of anilines is 1. The van der Waals surface area contributed by atoms with E-state index in [0.717, 1.165) is 28.6 Å². The molecule has 0 aliphatic rings. The molecule has 9 nitrogen and oxygen atoms in total. The van der Waals surface area contributed by atoms with Crippen LogP contribution in [-0.2, 0) is 10.0 Å². The lowest BCUT2D eigenvalue weighted by Crippen LogP contribution is -2.31. The van der Waals surface area contributed by atoms with Crippen LogP contribution in [0, 0.1) is 27.2 Å². The average molecular weight is 365 g/mol. The molecule has 0 fully saturated rings. The number of nitro groups is 2. The maximum atomic E-state index is 12.9. The van der Waals surface area contributed by atoms with Gasteiger partial charge in [0.05, 0.1) is 20.4 Å². The third-order valence-corrected chi connectivity index (χ3v) is 5.50. The molecule has 0 amide bonds. The van der Waals surface area contributed by atoms with Crippen LogP contribution in [0.3, 0.4) is 0 Å². The van der Waals surface area contributed by atoms with E-state index in [1.54, 1.807) is 13.8 Å². The summed E-state index contributed by atoms with van der Waals surface area (Å²) in [6.07, 6.45) is 0. The Morgan fingerprint density at radius 2 is 1.48 bits per heavy atom. The van der Waals surface area contributed by atoms with Crippen LogP contribution in [0.15, 0.2) is 47.4 Å². The Labute approximate surface area is 143 Å². The van der Waals surface area contributed by atoms with Gasteiger partial charge in [0.1, 0.15) is 0 Å². The van der Waals surface area contributed by atoms with E-state index in [2.05, 4.69) is 0 Å². The lowest BCUT2D eigenvalue weighted by atomic mass is 10.2. The lowest BCUT2D eigenvalue weighted by Gasteiger charge is -2.24. The zero-order valence-electron chi connectivity index (χ0n) is 13.4. The summed E-state index contributed by atoms with van der Waals surface area (Å²) >= 11 is 0. The molecule has 0 aliphatic carbocycles. The van der Waals surface area contributed by atoms with Crippen molar-refractivity contribution >= 4 is 27.1 Å². The first-order valence-corrected chi connectivity index (χ1v) is 8.64. The summed E-state index contributed by atoms with van der Waals surface area (Å²) in [6.45, 7) is 3.29.